The van der Waals surface area contributed by atoms with E-state index >= 15 is 0 Å². The Balaban J connectivity index is 2.16. The fourth-order valence-electron chi connectivity index (χ4n) is 2.24. The summed E-state index contributed by atoms with van der Waals surface area (Å²) in [7, 11) is -3.29. The molecule has 2 aromatic rings. The van der Waals surface area contributed by atoms with Crippen LogP contribution >= 0.6 is 0 Å². The maximum atomic E-state index is 11.8. The van der Waals surface area contributed by atoms with E-state index in [0.717, 1.165) is 5.39 Å². The van der Waals surface area contributed by atoms with Gasteiger partial charge in [-0.15, -0.1) is 0 Å². The third-order valence-corrected chi connectivity index (χ3v) is 4.36. The van der Waals surface area contributed by atoms with E-state index in [1.54, 1.807) is 49.8 Å². The molecule has 1 aromatic heterocycles. The number of rotatable bonds is 4. The zero-order chi connectivity index (χ0) is 18.1. The number of fused-ring (bicyclic) bond motifs is 1. The summed E-state index contributed by atoms with van der Waals surface area (Å²) in [5.74, 6) is 0. The summed E-state index contributed by atoms with van der Waals surface area (Å²) in [6.45, 7) is 7.62. The standard InChI is InChI=1S/C16H23N3O4S/c1-11(18-15(20)23-16(2,3)4)10-19-14-8-13(24(5,21)22)7-6-12(14)9-17-19/h6-9,11H,10H2,1-5H3,(H,18,20). The number of nitrogens with one attached hydrogen (secondary N) is 1. The maximum absolute atomic E-state index is 11.8. The number of ether oxygens (including phenoxy) is 1. The van der Waals surface area contributed by atoms with Crippen molar-refractivity contribution in [3.8, 4) is 0 Å². The number of amides is 1. The number of hydrogen-bond acceptors (Lipinski definition) is 5. The minimum absolute atomic E-state index is 0.232. The minimum atomic E-state index is -3.29. The summed E-state index contributed by atoms with van der Waals surface area (Å²) < 4.78 is 30.3. The summed E-state index contributed by atoms with van der Waals surface area (Å²) in [5, 5.41) is 7.85. The van der Waals surface area contributed by atoms with E-state index in [4.69, 9.17) is 4.74 Å². The number of carbonyl (C=O) groups is 1. The molecule has 0 aliphatic rings. The number of benzene rings is 1. The molecule has 24 heavy (non-hydrogen) atoms. The van der Waals surface area contributed by atoms with Crippen LogP contribution in [0.4, 0.5) is 4.79 Å². The van der Waals surface area contributed by atoms with Gasteiger partial charge in [0.15, 0.2) is 9.84 Å². The van der Waals surface area contributed by atoms with Gasteiger partial charge in [-0.05, 0) is 45.9 Å². The molecule has 0 saturated heterocycles. The van der Waals surface area contributed by atoms with Crippen LogP contribution in [0, 0.1) is 0 Å². The van der Waals surface area contributed by atoms with Gasteiger partial charge in [-0.1, -0.05) is 0 Å². The summed E-state index contributed by atoms with van der Waals surface area (Å²) >= 11 is 0. The van der Waals surface area contributed by atoms with Crippen LogP contribution in [0.2, 0.25) is 0 Å². The first-order valence-corrected chi connectivity index (χ1v) is 9.50. The third-order valence-electron chi connectivity index (χ3n) is 3.25. The summed E-state index contributed by atoms with van der Waals surface area (Å²) in [6, 6.07) is 4.65. The Morgan fingerprint density at radius 1 is 1.38 bits per heavy atom. The first-order valence-electron chi connectivity index (χ1n) is 7.61. The van der Waals surface area contributed by atoms with Crippen LogP contribution in [0.25, 0.3) is 10.9 Å². The Bertz CT molecular complexity index is 850. The van der Waals surface area contributed by atoms with E-state index in [2.05, 4.69) is 10.4 Å². The number of carbonyl (C=O) groups excluding carboxylic acids is 1. The van der Waals surface area contributed by atoms with Crippen molar-refractivity contribution in [2.45, 2.75) is 50.8 Å². The third kappa shape index (κ3) is 4.70. The monoisotopic (exact) mass is 353 g/mol. The van der Waals surface area contributed by atoms with Crippen molar-refractivity contribution in [3.63, 3.8) is 0 Å². The lowest BCUT2D eigenvalue weighted by molar-refractivity contribution is 0.0503. The number of sulfone groups is 1. The van der Waals surface area contributed by atoms with Crippen LogP contribution in [0.5, 0.6) is 0 Å². The van der Waals surface area contributed by atoms with Crippen molar-refractivity contribution in [2.24, 2.45) is 0 Å². The van der Waals surface area contributed by atoms with Crippen LogP contribution < -0.4 is 5.32 Å². The highest BCUT2D eigenvalue weighted by molar-refractivity contribution is 7.90. The molecule has 0 aliphatic carbocycles. The molecule has 1 atom stereocenters. The number of nitrogens with zero attached hydrogens (tertiary/aromatic N) is 2. The van der Waals surface area contributed by atoms with E-state index in [-0.39, 0.29) is 10.9 Å². The second-order valence-electron chi connectivity index (χ2n) is 6.87. The van der Waals surface area contributed by atoms with Crippen LogP contribution in [-0.2, 0) is 21.1 Å². The molecule has 1 N–H and O–H groups in total. The van der Waals surface area contributed by atoms with Crippen LogP contribution in [0.1, 0.15) is 27.7 Å². The van der Waals surface area contributed by atoms with Gasteiger partial charge in [0, 0.05) is 17.7 Å². The molecule has 0 spiro atoms. The smallest absolute Gasteiger partial charge is 0.407 e. The van der Waals surface area contributed by atoms with Crippen molar-refractivity contribution < 1.29 is 17.9 Å². The molecule has 0 radical (unpaired) electrons. The molecule has 2 rings (SSSR count). The fraction of sp³-hybridized carbons (Fsp3) is 0.500. The van der Waals surface area contributed by atoms with Gasteiger partial charge in [-0.25, -0.2) is 13.2 Å². The van der Waals surface area contributed by atoms with Crippen LogP contribution in [0.15, 0.2) is 29.3 Å². The SMILES string of the molecule is CC(Cn1ncc2ccc(S(C)(=O)=O)cc21)NC(=O)OC(C)(C)C. The number of aromatic nitrogens is 2. The average Bonchev–Trinajstić information content (AvgIpc) is 2.77. The van der Waals surface area contributed by atoms with Crippen molar-refractivity contribution >= 4 is 26.8 Å². The van der Waals surface area contributed by atoms with Crippen LogP contribution in [0.3, 0.4) is 0 Å². The van der Waals surface area contributed by atoms with E-state index in [1.807, 2.05) is 6.92 Å². The molecule has 0 aliphatic heterocycles. The Kier molecular flexibility index (Phi) is 4.89. The average molecular weight is 353 g/mol. The van der Waals surface area contributed by atoms with Gasteiger partial charge < -0.3 is 10.1 Å². The molecule has 0 bridgehead atoms. The molecule has 1 heterocycles. The predicted octanol–water partition coefficient (Wildman–Crippen LogP) is 2.35. The Morgan fingerprint density at radius 2 is 2.04 bits per heavy atom. The van der Waals surface area contributed by atoms with Gasteiger partial charge in [0.1, 0.15) is 5.60 Å². The molecule has 0 fully saturated rings. The van der Waals surface area contributed by atoms with Crippen molar-refractivity contribution in [1.82, 2.24) is 15.1 Å². The quantitative estimate of drug-likeness (QED) is 0.911. The lowest BCUT2D eigenvalue weighted by Gasteiger charge is -2.22. The van der Waals surface area contributed by atoms with E-state index in [9.17, 15) is 13.2 Å². The van der Waals surface area contributed by atoms with Crippen molar-refractivity contribution in [3.05, 3.63) is 24.4 Å². The lowest BCUT2D eigenvalue weighted by atomic mass is 10.2. The van der Waals surface area contributed by atoms with E-state index < -0.39 is 21.5 Å². The molecule has 1 aromatic carbocycles. The number of hydrogen-bond donors (Lipinski definition) is 1. The predicted molar refractivity (Wildman–Crippen MR) is 91.7 cm³/mol. The maximum Gasteiger partial charge on any atom is 0.407 e. The highest BCUT2D eigenvalue weighted by Gasteiger charge is 2.18. The molecule has 0 saturated carbocycles. The topological polar surface area (TPSA) is 90.3 Å². The van der Waals surface area contributed by atoms with Gasteiger partial charge in [0.2, 0.25) is 0 Å². The molecule has 7 nitrogen and oxygen atoms in total. The molecule has 8 heteroatoms. The molecular weight excluding hydrogens is 330 g/mol. The molecule has 1 unspecified atom stereocenters. The zero-order valence-corrected chi connectivity index (χ0v) is 15.3. The minimum Gasteiger partial charge on any atom is -0.444 e. The summed E-state index contributed by atoms with van der Waals surface area (Å²) in [5.41, 5.74) is 0.142. The van der Waals surface area contributed by atoms with E-state index in [0.29, 0.717) is 12.1 Å². The number of alkyl carbamates (subject to hydrolysis) is 1. The molecule has 132 valence electrons. The Morgan fingerprint density at radius 3 is 2.62 bits per heavy atom. The van der Waals surface area contributed by atoms with Crippen molar-refractivity contribution in [2.75, 3.05) is 6.26 Å². The summed E-state index contributed by atoms with van der Waals surface area (Å²) in [4.78, 5) is 12.0. The molecular formula is C16H23N3O4S. The van der Waals surface area contributed by atoms with Crippen LogP contribution in [-0.4, -0.2) is 42.2 Å². The fourth-order valence-corrected chi connectivity index (χ4v) is 2.88. The van der Waals surface area contributed by atoms with Gasteiger partial charge in [-0.3, -0.25) is 4.68 Å². The van der Waals surface area contributed by atoms with Gasteiger partial charge in [-0.2, -0.15) is 5.10 Å². The van der Waals surface area contributed by atoms with Gasteiger partial charge in [0.25, 0.3) is 0 Å². The largest absolute Gasteiger partial charge is 0.444 e. The first kappa shape index (κ1) is 18.3. The van der Waals surface area contributed by atoms with Gasteiger partial charge >= 0.3 is 6.09 Å². The highest BCUT2D eigenvalue weighted by Crippen LogP contribution is 2.19. The Hall–Kier alpha value is -2.09. The second-order valence-corrected chi connectivity index (χ2v) is 8.88. The zero-order valence-electron chi connectivity index (χ0n) is 14.5. The second kappa shape index (κ2) is 6.43. The van der Waals surface area contributed by atoms with E-state index in [1.165, 1.54) is 6.26 Å². The Labute approximate surface area is 141 Å². The highest BCUT2D eigenvalue weighted by atomic mass is 32.2. The first-order chi connectivity index (χ1) is 11.0. The molecule has 1 amide bonds. The summed E-state index contributed by atoms with van der Waals surface area (Å²) in [6.07, 6.45) is 2.34. The normalized spacial score (nSPS) is 13.7. The lowest BCUT2D eigenvalue weighted by Crippen LogP contribution is -2.39. The van der Waals surface area contributed by atoms with Gasteiger partial charge in [0.05, 0.1) is 23.2 Å². The van der Waals surface area contributed by atoms with Crippen molar-refractivity contribution in [1.29, 1.82) is 0 Å².